The van der Waals surface area contributed by atoms with Crippen LogP contribution in [-0.4, -0.2) is 32.5 Å². The van der Waals surface area contributed by atoms with E-state index in [1.807, 2.05) is 12.5 Å². The molecule has 1 aliphatic heterocycles. The first-order valence-electron chi connectivity index (χ1n) is 11.5. The largest absolute Gasteiger partial charge is 0.381 e. The molecule has 3 rings (SSSR count). The van der Waals surface area contributed by atoms with Crippen molar-refractivity contribution in [3.63, 3.8) is 0 Å². The molecule has 1 fully saturated rings. The molecule has 0 amide bonds. The van der Waals surface area contributed by atoms with E-state index >= 15 is 0 Å². The van der Waals surface area contributed by atoms with Crippen molar-refractivity contribution in [3.8, 4) is 0 Å². The second kappa shape index (κ2) is 12.2. The second-order valence-electron chi connectivity index (χ2n) is 9.24. The molecule has 1 saturated heterocycles. The average Bonchev–Trinajstić information content (AvgIpc) is 3.46. The van der Waals surface area contributed by atoms with Crippen LogP contribution in [0.1, 0.15) is 90.3 Å². The van der Waals surface area contributed by atoms with Crippen molar-refractivity contribution in [2.75, 3.05) is 13.2 Å². The summed E-state index contributed by atoms with van der Waals surface area (Å²) in [4.78, 5) is 4.36. The third-order valence-corrected chi connectivity index (χ3v) is 5.83. The van der Waals surface area contributed by atoms with Crippen molar-refractivity contribution in [3.05, 3.63) is 36.2 Å². The molecule has 2 unspecified atom stereocenters. The minimum atomic E-state index is 0.542. The van der Waals surface area contributed by atoms with Gasteiger partial charge in [0, 0.05) is 38.7 Å². The van der Waals surface area contributed by atoms with Gasteiger partial charge in [0.15, 0.2) is 0 Å². The van der Waals surface area contributed by atoms with Gasteiger partial charge in [0.25, 0.3) is 0 Å². The molecule has 0 radical (unpaired) electrons. The predicted molar refractivity (Wildman–Crippen MR) is 120 cm³/mol. The van der Waals surface area contributed by atoms with Gasteiger partial charge in [0.05, 0.1) is 18.2 Å². The van der Waals surface area contributed by atoms with Crippen LogP contribution >= 0.6 is 0 Å². The standard InChI is InChI=1S/C13H22N2O.C11H20N2/c1-3-11(2)13-8-14-15(9-13)6-4-12-5-7-16-10-12;1-9(2)5-6-13-7-11(10(3)4)12-8-13/h8-9,11-12H,3-7,10H2,1-2H3;7-10H,5-6H2,1-4H3. The van der Waals surface area contributed by atoms with Crippen LogP contribution in [0.5, 0.6) is 0 Å². The van der Waals surface area contributed by atoms with Crippen molar-refractivity contribution in [2.45, 2.75) is 92.2 Å². The average molecular weight is 403 g/mol. The van der Waals surface area contributed by atoms with Gasteiger partial charge in [0.1, 0.15) is 0 Å². The zero-order valence-corrected chi connectivity index (χ0v) is 19.5. The van der Waals surface area contributed by atoms with Gasteiger partial charge in [-0.2, -0.15) is 5.10 Å². The van der Waals surface area contributed by atoms with Gasteiger partial charge in [-0.15, -0.1) is 0 Å². The Morgan fingerprint density at radius 2 is 1.93 bits per heavy atom. The van der Waals surface area contributed by atoms with Gasteiger partial charge in [-0.3, -0.25) is 4.68 Å². The fourth-order valence-electron chi connectivity index (χ4n) is 3.32. The smallest absolute Gasteiger partial charge is 0.0949 e. The topological polar surface area (TPSA) is 44.9 Å². The fourth-order valence-corrected chi connectivity index (χ4v) is 3.32. The van der Waals surface area contributed by atoms with Crippen molar-refractivity contribution < 1.29 is 4.74 Å². The van der Waals surface area contributed by atoms with Crippen LogP contribution in [0.3, 0.4) is 0 Å². The number of hydrogen-bond acceptors (Lipinski definition) is 3. The molecule has 29 heavy (non-hydrogen) atoms. The van der Waals surface area contributed by atoms with Crippen molar-refractivity contribution >= 4 is 0 Å². The molecular weight excluding hydrogens is 360 g/mol. The number of aromatic nitrogens is 4. The van der Waals surface area contributed by atoms with E-state index in [2.05, 4.69) is 73.3 Å². The fraction of sp³-hybridized carbons (Fsp3) is 0.750. The summed E-state index contributed by atoms with van der Waals surface area (Å²) in [5, 5.41) is 4.42. The molecule has 0 saturated carbocycles. The zero-order valence-electron chi connectivity index (χ0n) is 19.5. The maximum absolute atomic E-state index is 5.38. The molecule has 2 atom stereocenters. The Labute approximate surface area is 177 Å². The molecule has 0 aliphatic carbocycles. The molecule has 5 heteroatoms. The van der Waals surface area contributed by atoms with Gasteiger partial charge in [-0.1, -0.05) is 41.5 Å². The van der Waals surface area contributed by atoms with Gasteiger partial charge in [-0.05, 0) is 54.9 Å². The highest BCUT2D eigenvalue weighted by Crippen LogP contribution is 2.19. The van der Waals surface area contributed by atoms with Crippen LogP contribution in [0, 0.1) is 11.8 Å². The van der Waals surface area contributed by atoms with Crippen LogP contribution in [0.25, 0.3) is 0 Å². The Hall–Kier alpha value is -1.62. The lowest BCUT2D eigenvalue weighted by atomic mass is 10.0. The van der Waals surface area contributed by atoms with Gasteiger partial charge in [0.2, 0.25) is 0 Å². The summed E-state index contributed by atoms with van der Waals surface area (Å²) < 4.78 is 9.65. The Balaban J connectivity index is 0.000000212. The number of hydrogen-bond donors (Lipinski definition) is 0. The highest BCUT2D eigenvalue weighted by atomic mass is 16.5. The molecule has 0 N–H and O–H groups in total. The lowest BCUT2D eigenvalue weighted by molar-refractivity contribution is 0.183. The molecule has 2 aromatic rings. The third-order valence-electron chi connectivity index (χ3n) is 5.83. The van der Waals surface area contributed by atoms with E-state index in [4.69, 9.17) is 4.74 Å². The van der Waals surface area contributed by atoms with E-state index in [-0.39, 0.29) is 0 Å². The predicted octanol–water partition coefficient (Wildman–Crippen LogP) is 5.88. The highest BCUT2D eigenvalue weighted by Gasteiger charge is 2.15. The first-order chi connectivity index (χ1) is 13.9. The van der Waals surface area contributed by atoms with E-state index in [1.165, 1.54) is 36.9 Å². The Morgan fingerprint density at radius 1 is 1.14 bits per heavy atom. The van der Waals surface area contributed by atoms with E-state index in [9.17, 15) is 0 Å². The normalized spacial score (nSPS) is 17.6. The van der Waals surface area contributed by atoms with Crippen LogP contribution in [0.2, 0.25) is 0 Å². The number of ether oxygens (including phenoxy) is 1. The first-order valence-corrected chi connectivity index (χ1v) is 11.5. The van der Waals surface area contributed by atoms with E-state index in [0.717, 1.165) is 38.1 Å². The van der Waals surface area contributed by atoms with E-state index < -0.39 is 0 Å². The van der Waals surface area contributed by atoms with Crippen molar-refractivity contribution in [1.29, 1.82) is 0 Å². The van der Waals surface area contributed by atoms with Crippen molar-refractivity contribution in [1.82, 2.24) is 19.3 Å². The molecule has 0 spiro atoms. The summed E-state index contributed by atoms with van der Waals surface area (Å²) in [5.41, 5.74) is 2.56. The zero-order chi connectivity index (χ0) is 21.2. The minimum absolute atomic E-state index is 0.542. The second-order valence-corrected chi connectivity index (χ2v) is 9.24. The Bertz CT molecular complexity index is 683. The quantitative estimate of drug-likeness (QED) is 0.526. The Kier molecular flexibility index (Phi) is 9.92. The van der Waals surface area contributed by atoms with Crippen LogP contribution < -0.4 is 0 Å². The van der Waals surface area contributed by atoms with Gasteiger partial charge < -0.3 is 9.30 Å². The Morgan fingerprint density at radius 3 is 2.52 bits per heavy atom. The van der Waals surface area contributed by atoms with Crippen molar-refractivity contribution in [2.24, 2.45) is 11.8 Å². The van der Waals surface area contributed by atoms with Crippen LogP contribution in [0.15, 0.2) is 24.9 Å². The summed E-state index contributed by atoms with van der Waals surface area (Å²) in [7, 11) is 0. The SMILES string of the molecule is CC(C)CCn1cnc(C(C)C)c1.CCC(C)c1cnn(CCC2CCOC2)c1. The summed E-state index contributed by atoms with van der Waals surface area (Å²) in [6.07, 6.45) is 13.1. The molecule has 1 aliphatic rings. The van der Waals surface area contributed by atoms with E-state index in [0.29, 0.717) is 11.8 Å². The maximum Gasteiger partial charge on any atom is 0.0949 e. The number of imidazole rings is 1. The van der Waals surface area contributed by atoms with Crippen LogP contribution in [-0.2, 0) is 17.8 Å². The molecule has 0 aromatic carbocycles. The lowest BCUT2D eigenvalue weighted by Gasteiger charge is -2.07. The first kappa shape index (κ1) is 23.7. The maximum atomic E-state index is 5.38. The van der Waals surface area contributed by atoms with E-state index in [1.54, 1.807) is 0 Å². The van der Waals surface area contributed by atoms with Crippen LogP contribution in [0.4, 0.5) is 0 Å². The molecule has 3 heterocycles. The number of rotatable bonds is 9. The monoisotopic (exact) mass is 402 g/mol. The molecule has 0 bridgehead atoms. The number of nitrogens with zero attached hydrogens (tertiary/aromatic N) is 4. The molecule has 2 aromatic heterocycles. The van der Waals surface area contributed by atoms with Gasteiger partial charge in [-0.25, -0.2) is 4.98 Å². The highest BCUT2D eigenvalue weighted by molar-refractivity contribution is 5.09. The lowest BCUT2D eigenvalue weighted by Crippen LogP contribution is -2.06. The minimum Gasteiger partial charge on any atom is -0.381 e. The third kappa shape index (κ3) is 8.33. The summed E-state index contributed by atoms with van der Waals surface area (Å²) >= 11 is 0. The number of aryl methyl sites for hydroxylation is 2. The summed E-state index contributed by atoms with van der Waals surface area (Å²) in [5.74, 6) is 2.69. The molecule has 164 valence electrons. The molecular formula is C24H42N4O. The summed E-state index contributed by atoms with van der Waals surface area (Å²) in [6.45, 7) is 17.3. The van der Waals surface area contributed by atoms with Gasteiger partial charge >= 0.3 is 0 Å². The summed E-state index contributed by atoms with van der Waals surface area (Å²) in [6, 6.07) is 0. The molecule has 5 nitrogen and oxygen atoms in total.